The zero-order valence-corrected chi connectivity index (χ0v) is 27.3. The molecule has 0 unspecified atom stereocenters. The summed E-state index contributed by atoms with van der Waals surface area (Å²) in [6, 6.07) is 4.17. The van der Waals surface area contributed by atoms with E-state index in [0.29, 0.717) is 0 Å². The van der Waals surface area contributed by atoms with Gasteiger partial charge in [-0.05, 0) is 31.0 Å². The molecule has 5 heteroatoms. The first-order valence-corrected chi connectivity index (χ1v) is 17.5. The molecule has 0 spiro atoms. The van der Waals surface area contributed by atoms with Crippen LogP contribution in [0, 0.1) is 6.92 Å². The summed E-state index contributed by atoms with van der Waals surface area (Å²) in [5.41, 5.74) is 0.335. The summed E-state index contributed by atoms with van der Waals surface area (Å²) in [4.78, 5) is 31.4. The Labute approximate surface area is 258 Å². The van der Waals surface area contributed by atoms with Crippen molar-refractivity contribution >= 4 is 18.2 Å². The quantitative estimate of drug-likeness (QED) is 0.0750. The van der Waals surface area contributed by atoms with Crippen molar-refractivity contribution in [1.29, 1.82) is 0 Å². The van der Waals surface area contributed by atoms with Crippen LogP contribution in [0.1, 0.15) is 200 Å². The maximum absolute atomic E-state index is 10.6. The summed E-state index contributed by atoms with van der Waals surface area (Å²) < 4.78 is 0. The van der Waals surface area contributed by atoms with Gasteiger partial charge in [0.25, 0.3) is 0 Å². The Morgan fingerprint density at radius 3 is 1.02 bits per heavy atom. The summed E-state index contributed by atoms with van der Waals surface area (Å²) in [6.07, 6.45) is 37.5. The molecule has 0 heterocycles. The lowest BCUT2D eigenvalue weighted by Crippen LogP contribution is -2.06. The van der Waals surface area contributed by atoms with Gasteiger partial charge in [-0.2, -0.15) is 0 Å². The summed E-state index contributed by atoms with van der Waals surface area (Å²) in [5, 5.41) is 17.4. The van der Waals surface area contributed by atoms with Crippen LogP contribution in [0.5, 0.6) is 0 Å². The van der Waals surface area contributed by atoms with E-state index in [1.165, 1.54) is 179 Å². The molecule has 0 aliphatic rings. The predicted octanol–water partition coefficient (Wildman–Crippen LogP) is 11.7. The summed E-state index contributed by atoms with van der Waals surface area (Å²) in [7, 11) is 0. The van der Waals surface area contributed by atoms with Crippen LogP contribution in [-0.4, -0.2) is 28.4 Å². The lowest BCUT2D eigenvalue weighted by atomic mass is 10.0. The highest BCUT2D eigenvalue weighted by Gasteiger charge is 2.13. The normalized spacial score (nSPS) is 10.7. The van der Waals surface area contributed by atoms with Crippen molar-refractivity contribution in [2.45, 2.75) is 181 Å². The number of unbranched alkanes of at least 4 members (excludes halogenated alkanes) is 25. The van der Waals surface area contributed by atoms with Gasteiger partial charge < -0.3 is 15.0 Å². The Hall–Kier alpha value is -2.17. The smallest absolute Gasteiger partial charge is 0.335 e. The van der Waals surface area contributed by atoms with E-state index in [4.69, 9.17) is 10.2 Å². The monoisotopic (exact) mass is 588 g/mol. The molecule has 242 valence electrons. The minimum absolute atomic E-state index is 0.0277. The van der Waals surface area contributed by atoms with Gasteiger partial charge in [-0.15, -0.1) is 0 Å². The van der Waals surface area contributed by atoms with E-state index in [1.807, 2.05) is 0 Å². The van der Waals surface area contributed by atoms with E-state index in [-0.39, 0.29) is 16.7 Å². The number of aromatic carboxylic acids is 2. The van der Waals surface area contributed by atoms with Crippen LogP contribution in [0.3, 0.4) is 0 Å². The van der Waals surface area contributed by atoms with Crippen LogP contribution in [0.15, 0.2) is 18.2 Å². The number of aldehydes is 1. The summed E-state index contributed by atoms with van der Waals surface area (Å²) in [6.45, 7) is 3.78. The van der Waals surface area contributed by atoms with Gasteiger partial charge in [0.2, 0.25) is 0 Å². The molecule has 2 N–H and O–H groups in total. The fourth-order valence-corrected chi connectivity index (χ4v) is 5.47. The molecule has 0 amide bonds. The molecule has 1 aromatic carbocycles. The van der Waals surface area contributed by atoms with E-state index in [9.17, 15) is 14.4 Å². The zero-order valence-electron chi connectivity index (χ0n) is 27.3. The molecule has 0 fully saturated rings. The first-order valence-electron chi connectivity index (χ1n) is 17.5. The average Bonchev–Trinajstić information content (AvgIpc) is 2.97. The Morgan fingerprint density at radius 2 is 0.786 bits per heavy atom. The highest BCUT2D eigenvalue weighted by molar-refractivity contribution is 5.96. The van der Waals surface area contributed by atoms with Gasteiger partial charge in [-0.25, -0.2) is 9.59 Å². The van der Waals surface area contributed by atoms with Crippen LogP contribution >= 0.6 is 0 Å². The molecule has 1 rings (SSSR count). The fraction of sp³-hybridized carbons (Fsp3) is 0.757. The Morgan fingerprint density at radius 1 is 0.524 bits per heavy atom. The van der Waals surface area contributed by atoms with Gasteiger partial charge in [0.1, 0.15) is 6.29 Å². The van der Waals surface area contributed by atoms with Crippen LogP contribution in [-0.2, 0) is 4.79 Å². The van der Waals surface area contributed by atoms with Crippen molar-refractivity contribution in [3.8, 4) is 0 Å². The molecular weight excluding hydrogens is 524 g/mol. The molecule has 0 saturated carbocycles. The number of carboxylic acids is 2. The maximum Gasteiger partial charge on any atom is 0.335 e. The first-order chi connectivity index (χ1) is 20.5. The van der Waals surface area contributed by atoms with Crippen molar-refractivity contribution in [2.24, 2.45) is 0 Å². The summed E-state index contributed by atoms with van der Waals surface area (Å²) in [5.74, 6) is -2.22. The number of carbonyl (C=O) groups excluding carboxylic acids is 1. The lowest BCUT2D eigenvalue weighted by Gasteiger charge is -2.04. The molecule has 0 atom stereocenters. The Kier molecular flexibility index (Phi) is 28.7. The van der Waals surface area contributed by atoms with Crippen molar-refractivity contribution in [3.63, 3.8) is 0 Å². The van der Waals surface area contributed by atoms with Crippen LogP contribution in [0.4, 0.5) is 0 Å². The number of carbonyl (C=O) groups is 3. The topological polar surface area (TPSA) is 91.7 Å². The number of hydrogen-bond donors (Lipinski definition) is 2. The van der Waals surface area contributed by atoms with Gasteiger partial charge in [0.15, 0.2) is 0 Å². The van der Waals surface area contributed by atoms with Crippen molar-refractivity contribution in [3.05, 3.63) is 34.9 Å². The Bertz CT molecular complexity index is 756. The molecule has 42 heavy (non-hydrogen) atoms. The third-order valence-corrected chi connectivity index (χ3v) is 8.22. The van der Waals surface area contributed by atoms with Gasteiger partial charge >= 0.3 is 11.9 Å². The SMILES string of the molecule is CCCCCCCCCCCCCCCCCCCCCCCCCCCC=O.Cc1c(C(=O)O)cccc1C(=O)O. The molecule has 0 aliphatic heterocycles. The van der Waals surface area contributed by atoms with Gasteiger partial charge in [0, 0.05) is 6.42 Å². The van der Waals surface area contributed by atoms with E-state index in [0.717, 1.165) is 19.1 Å². The third kappa shape index (κ3) is 24.4. The predicted molar refractivity (Wildman–Crippen MR) is 177 cm³/mol. The van der Waals surface area contributed by atoms with E-state index < -0.39 is 11.9 Å². The van der Waals surface area contributed by atoms with E-state index >= 15 is 0 Å². The molecule has 0 bridgehead atoms. The average molecular weight is 589 g/mol. The van der Waals surface area contributed by atoms with Gasteiger partial charge in [0.05, 0.1) is 11.1 Å². The molecule has 5 nitrogen and oxygen atoms in total. The second-order valence-corrected chi connectivity index (χ2v) is 12.0. The van der Waals surface area contributed by atoms with Crippen molar-refractivity contribution in [1.82, 2.24) is 0 Å². The van der Waals surface area contributed by atoms with Gasteiger partial charge in [-0.1, -0.05) is 167 Å². The maximum atomic E-state index is 10.6. The lowest BCUT2D eigenvalue weighted by molar-refractivity contribution is -0.107. The zero-order chi connectivity index (χ0) is 31.1. The number of benzene rings is 1. The van der Waals surface area contributed by atoms with E-state index in [2.05, 4.69) is 6.92 Å². The summed E-state index contributed by atoms with van der Waals surface area (Å²) >= 11 is 0. The van der Waals surface area contributed by atoms with Crippen molar-refractivity contribution < 1.29 is 24.6 Å². The van der Waals surface area contributed by atoms with Crippen LogP contribution in [0.2, 0.25) is 0 Å². The number of hydrogen-bond acceptors (Lipinski definition) is 3. The molecular formula is C37H64O5. The van der Waals surface area contributed by atoms with E-state index in [1.54, 1.807) is 0 Å². The largest absolute Gasteiger partial charge is 0.478 e. The van der Waals surface area contributed by atoms with Gasteiger partial charge in [-0.3, -0.25) is 0 Å². The second kappa shape index (κ2) is 30.3. The van der Waals surface area contributed by atoms with Crippen LogP contribution < -0.4 is 0 Å². The fourth-order valence-electron chi connectivity index (χ4n) is 5.47. The molecule has 0 aliphatic carbocycles. The number of rotatable bonds is 28. The minimum Gasteiger partial charge on any atom is -0.478 e. The number of carboxylic acid groups (broad SMARTS) is 2. The molecule has 0 radical (unpaired) electrons. The van der Waals surface area contributed by atoms with Crippen molar-refractivity contribution in [2.75, 3.05) is 0 Å². The first kappa shape index (κ1) is 39.8. The minimum atomic E-state index is -1.11. The standard InChI is InChI=1S/C28H56O.C9H8O4/c1-2-3-4-5-6-7-8-9-10-11-12-13-14-15-16-17-18-19-20-21-22-23-24-25-26-27-28-29;1-5-6(8(10)11)3-2-4-7(5)9(12)13/h28H,2-27H2,1H3;2-4H,1H3,(H,10,11)(H,12,13). The third-order valence-electron chi connectivity index (χ3n) is 8.22. The molecule has 0 aromatic heterocycles. The van der Waals surface area contributed by atoms with Crippen LogP contribution in [0.25, 0.3) is 0 Å². The second-order valence-electron chi connectivity index (χ2n) is 12.0. The Balaban J connectivity index is 0.00000107. The highest BCUT2D eigenvalue weighted by atomic mass is 16.4. The molecule has 1 aromatic rings. The highest BCUT2D eigenvalue weighted by Crippen LogP contribution is 2.16. The molecule has 0 saturated heterocycles.